The van der Waals surface area contributed by atoms with Crippen LogP contribution in [0.1, 0.15) is 86.8 Å². The van der Waals surface area contributed by atoms with Crippen LogP contribution in [-0.2, 0) is 6.54 Å². The van der Waals surface area contributed by atoms with E-state index in [1.807, 2.05) is 67.2 Å². The number of carbonyl (C=O) groups is 1. The minimum atomic E-state index is -0.208. The smallest absolute Gasteiger partial charge is 0.260 e. The summed E-state index contributed by atoms with van der Waals surface area (Å²) in [7, 11) is 4.94. The van der Waals surface area contributed by atoms with Gasteiger partial charge in [0.2, 0.25) is 0 Å². The second-order valence-electron chi connectivity index (χ2n) is 17.5. The van der Waals surface area contributed by atoms with Crippen LogP contribution in [0.15, 0.2) is 95.2 Å². The molecule has 4 aliphatic heterocycles. The van der Waals surface area contributed by atoms with Gasteiger partial charge in [-0.3, -0.25) is 20.6 Å². The van der Waals surface area contributed by atoms with Gasteiger partial charge in [0.1, 0.15) is 5.75 Å². The van der Waals surface area contributed by atoms with Crippen molar-refractivity contribution in [3.05, 3.63) is 107 Å². The van der Waals surface area contributed by atoms with Crippen molar-refractivity contribution in [1.82, 2.24) is 9.80 Å². The van der Waals surface area contributed by atoms with Gasteiger partial charge in [-0.2, -0.15) is 0 Å². The summed E-state index contributed by atoms with van der Waals surface area (Å²) >= 11 is 0. The third kappa shape index (κ3) is 8.61. The highest BCUT2D eigenvalue weighted by Gasteiger charge is 2.37. The average molecular weight is 839 g/mol. The zero-order valence-corrected chi connectivity index (χ0v) is 36.9. The zero-order chi connectivity index (χ0) is 43.6. The van der Waals surface area contributed by atoms with E-state index < -0.39 is 0 Å². The van der Waals surface area contributed by atoms with Crippen molar-refractivity contribution in [2.45, 2.75) is 78.4 Å². The summed E-state index contributed by atoms with van der Waals surface area (Å²) in [6, 6.07) is 23.7. The molecule has 0 saturated carbocycles. The Hall–Kier alpha value is -6.27. The number of aliphatic imine (C=N–C) groups is 2. The minimum Gasteiger partial charge on any atom is -0.497 e. The Labute approximate surface area is 365 Å². The standard InChI is InChI=1S/C50H58N6O6/c1-8-49(3,30-61-46-22-42-36(20-44(46)59-6)27-55-26-34(18-38(55)24-52-42)32-10-14-37(54-51)15-11-32)29-50(4,9-2)31-62-47-23-43-41(21-45(47)60-7)48(57)56-28-35(19-39(56)25-53-43)33-12-16-40(58-5)17-13-33/h10-17,20-26,28,38-39,54H,8-9,18-19,27,29-31,51H2,1-7H3. The number of hydrogen-bond donors (Lipinski definition) is 2. The number of nitrogens with zero attached hydrogens (tertiary/aromatic N) is 4. The number of ether oxygens (including phenoxy) is 5. The fourth-order valence-electron chi connectivity index (χ4n) is 8.91. The molecule has 12 nitrogen and oxygen atoms in total. The van der Waals surface area contributed by atoms with Crippen LogP contribution < -0.4 is 35.0 Å². The molecule has 0 radical (unpaired) electrons. The number of fused-ring (bicyclic) bond motifs is 4. The number of methoxy groups -OCH3 is 3. The first-order valence-electron chi connectivity index (χ1n) is 21.5. The van der Waals surface area contributed by atoms with Crippen molar-refractivity contribution in [3.8, 4) is 28.7 Å². The van der Waals surface area contributed by atoms with E-state index in [-0.39, 0.29) is 28.8 Å². The van der Waals surface area contributed by atoms with Crippen molar-refractivity contribution in [2.75, 3.05) is 40.0 Å². The van der Waals surface area contributed by atoms with Crippen molar-refractivity contribution in [2.24, 2.45) is 26.7 Å². The Bertz CT molecular complexity index is 2430. The van der Waals surface area contributed by atoms with E-state index in [9.17, 15) is 4.79 Å². The molecule has 0 fully saturated rings. The molecule has 4 heterocycles. The largest absolute Gasteiger partial charge is 0.497 e. The highest BCUT2D eigenvalue weighted by Crippen LogP contribution is 2.45. The number of carbonyl (C=O) groups excluding carboxylic acids is 1. The van der Waals surface area contributed by atoms with Crippen LogP contribution in [0, 0.1) is 10.8 Å². The Morgan fingerprint density at radius 3 is 1.89 bits per heavy atom. The summed E-state index contributed by atoms with van der Waals surface area (Å²) in [6.45, 7) is 10.6. The zero-order valence-electron chi connectivity index (χ0n) is 36.9. The van der Waals surface area contributed by atoms with Gasteiger partial charge in [0, 0.05) is 72.0 Å². The van der Waals surface area contributed by atoms with E-state index in [4.69, 9.17) is 39.5 Å². The number of nitrogen functional groups attached to an aromatic ring is 1. The molecule has 0 aromatic heterocycles. The summed E-state index contributed by atoms with van der Waals surface area (Å²) in [5, 5.41) is 0. The molecule has 4 atom stereocenters. The molecule has 324 valence electrons. The van der Waals surface area contributed by atoms with Gasteiger partial charge in [-0.1, -0.05) is 52.0 Å². The SMILES string of the molecule is CCC(C)(COc1cc2c(cc1OC)CN1C=C(c3ccc(NN)cc3)CC1C=N2)CC(C)(CC)COc1cc2c(cc1OC)C(=O)N1C=C(c3ccc(OC)cc3)CC1C=N2. The predicted molar refractivity (Wildman–Crippen MR) is 246 cm³/mol. The van der Waals surface area contributed by atoms with Gasteiger partial charge in [0.15, 0.2) is 23.0 Å². The first kappa shape index (κ1) is 42.4. The number of nitrogens with one attached hydrogen (secondary N) is 1. The lowest BCUT2D eigenvalue weighted by Gasteiger charge is -2.38. The predicted octanol–water partition coefficient (Wildman–Crippen LogP) is 9.98. The van der Waals surface area contributed by atoms with Crippen LogP contribution in [0.5, 0.6) is 28.7 Å². The maximum Gasteiger partial charge on any atom is 0.260 e. The topological polar surface area (TPSA) is 132 Å². The molecule has 4 aliphatic rings. The van der Waals surface area contributed by atoms with E-state index in [0.29, 0.717) is 60.4 Å². The second kappa shape index (κ2) is 17.6. The number of anilines is 1. The average Bonchev–Trinajstić information content (AvgIpc) is 3.85. The molecule has 4 unspecified atom stereocenters. The lowest BCUT2D eigenvalue weighted by Crippen LogP contribution is -2.35. The van der Waals surface area contributed by atoms with Crippen LogP contribution in [0.25, 0.3) is 11.1 Å². The number of hydrogen-bond acceptors (Lipinski definition) is 11. The third-order valence-electron chi connectivity index (χ3n) is 13.1. The quantitative estimate of drug-likeness (QED) is 0.0836. The van der Waals surface area contributed by atoms with E-state index in [0.717, 1.165) is 59.5 Å². The third-order valence-corrected chi connectivity index (χ3v) is 13.1. The van der Waals surface area contributed by atoms with Crippen LogP contribution in [0.3, 0.4) is 0 Å². The summed E-state index contributed by atoms with van der Waals surface area (Å²) < 4.78 is 30.3. The summed E-state index contributed by atoms with van der Waals surface area (Å²) in [4.78, 5) is 27.9. The highest BCUT2D eigenvalue weighted by atomic mass is 16.5. The van der Waals surface area contributed by atoms with Gasteiger partial charge in [-0.25, -0.2) is 0 Å². The monoisotopic (exact) mass is 838 g/mol. The molecule has 0 spiro atoms. The molecule has 8 rings (SSSR count). The fourth-order valence-corrected chi connectivity index (χ4v) is 8.91. The molecule has 4 aromatic rings. The summed E-state index contributed by atoms with van der Waals surface area (Å²) in [6.07, 6.45) is 12.3. The maximum atomic E-state index is 14.0. The molecule has 62 heavy (non-hydrogen) atoms. The van der Waals surface area contributed by atoms with Gasteiger partial charge >= 0.3 is 0 Å². The van der Waals surface area contributed by atoms with Gasteiger partial charge in [-0.15, -0.1) is 0 Å². The second-order valence-corrected chi connectivity index (χ2v) is 17.5. The normalized spacial score (nSPS) is 19.4. The van der Waals surface area contributed by atoms with Crippen molar-refractivity contribution in [1.29, 1.82) is 0 Å². The maximum absolute atomic E-state index is 14.0. The van der Waals surface area contributed by atoms with Crippen LogP contribution in [-0.4, -0.2) is 74.8 Å². The van der Waals surface area contributed by atoms with E-state index >= 15 is 0 Å². The summed E-state index contributed by atoms with van der Waals surface area (Å²) in [5.74, 6) is 8.67. The van der Waals surface area contributed by atoms with Crippen molar-refractivity contribution >= 4 is 46.5 Å². The Balaban J connectivity index is 0.932. The number of nitrogens with two attached hydrogens (primary N) is 1. The molecule has 1 amide bonds. The number of amides is 1. The van der Waals surface area contributed by atoms with Crippen LogP contribution in [0.4, 0.5) is 17.1 Å². The first-order chi connectivity index (χ1) is 30.0. The Morgan fingerprint density at radius 2 is 1.27 bits per heavy atom. The van der Waals surface area contributed by atoms with Gasteiger partial charge < -0.3 is 38.9 Å². The highest BCUT2D eigenvalue weighted by molar-refractivity contribution is 6.05. The van der Waals surface area contributed by atoms with Crippen molar-refractivity contribution in [3.63, 3.8) is 0 Å². The summed E-state index contributed by atoms with van der Waals surface area (Å²) in [5.41, 5.74) is 10.8. The number of rotatable bonds is 16. The Morgan fingerprint density at radius 1 is 0.710 bits per heavy atom. The lowest BCUT2D eigenvalue weighted by atomic mass is 9.71. The molecule has 0 aliphatic carbocycles. The Kier molecular flexibility index (Phi) is 12.0. The number of hydrazine groups is 1. The molecular weight excluding hydrogens is 781 g/mol. The molecule has 3 N–H and O–H groups in total. The minimum absolute atomic E-state index is 0.124. The van der Waals surface area contributed by atoms with E-state index in [1.54, 1.807) is 32.3 Å². The van der Waals surface area contributed by atoms with Gasteiger partial charge in [0.25, 0.3) is 5.91 Å². The molecular formula is C50H58N6O6. The van der Waals surface area contributed by atoms with Crippen LogP contribution >= 0.6 is 0 Å². The van der Waals surface area contributed by atoms with Gasteiger partial charge in [0.05, 0.1) is 63.6 Å². The van der Waals surface area contributed by atoms with E-state index in [1.165, 1.54) is 11.1 Å². The van der Waals surface area contributed by atoms with Crippen molar-refractivity contribution < 1.29 is 28.5 Å². The molecule has 0 saturated heterocycles. The molecule has 4 aromatic carbocycles. The number of benzene rings is 4. The lowest BCUT2D eigenvalue weighted by molar-refractivity contribution is 0.0520. The van der Waals surface area contributed by atoms with E-state index in [2.05, 4.69) is 62.4 Å². The first-order valence-corrected chi connectivity index (χ1v) is 21.5. The molecule has 12 heteroatoms. The fraction of sp³-hybridized carbons (Fsp3) is 0.380. The van der Waals surface area contributed by atoms with Crippen LogP contribution in [0.2, 0.25) is 0 Å². The molecule has 0 bridgehead atoms. The van der Waals surface area contributed by atoms with Gasteiger partial charge in [-0.05, 0) is 84.4 Å².